The first-order valence-electron chi connectivity index (χ1n) is 6.82. The molecule has 1 heterocycles. The van der Waals surface area contributed by atoms with Crippen LogP contribution in [0.3, 0.4) is 0 Å². The Morgan fingerprint density at radius 2 is 2.00 bits per heavy atom. The zero-order valence-corrected chi connectivity index (χ0v) is 11.3. The highest BCUT2D eigenvalue weighted by molar-refractivity contribution is 5.79. The largest absolute Gasteiger partial charge is 0.481 e. The van der Waals surface area contributed by atoms with E-state index in [1.54, 1.807) is 4.90 Å². The summed E-state index contributed by atoms with van der Waals surface area (Å²) >= 11 is 0. The van der Waals surface area contributed by atoms with Gasteiger partial charge in [0.2, 0.25) is 0 Å². The summed E-state index contributed by atoms with van der Waals surface area (Å²) in [6.07, 6.45) is 5.79. The molecule has 0 saturated carbocycles. The smallest absolute Gasteiger partial charge is 0.317 e. The highest BCUT2D eigenvalue weighted by Crippen LogP contribution is 2.15. The van der Waals surface area contributed by atoms with Crippen molar-refractivity contribution < 1.29 is 14.7 Å². The number of rotatable bonds is 7. The van der Waals surface area contributed by atoms with E-state index < -0.39 is 5.97 Å². The summed E-state index contributed by atoms with van der Waals surface area (Å²) in [6.45, 7) is 4.85. The Bertz CT molecular complexity index is 288. The van der Waals surface area contributed by atoms with E-state index in [2.05, 4.69) is 12.2 Å². The van der Waals surface area contributed by atoms with Gasteiger partial charge in [-0.2, -0.15) is 0 Å². The summed E-state index contributed by atoms with van der Waals surface area (Å²) < 4.78 is 0. The van der Waals surface area contributed by atoms with Crippen LogP contribution >= 0.6 is 0 Å². The van der Waals surface area contributed by atoms with Crippen molar-refractivity contribution in [1.82, 2.24) is 10.2 Å². The molecule has 1 rings (SSSR count). The minimum atomic E-state index is -0.813. The number of aliphatic carboxylic acids is 1. The molecule has 1 saturated heterocycles. The van der Waals surface area contributed by atoms with Gasteiger partial charge >= 0.3 is 12.0 Å². The maximum atomic E-state index is 11.7. The van der Waals surface area contributed by atoms with Crippen LogP contribution in [0.1, 0.15) is 46.0 Å². The van der Waals surface area contributed by atoms with Gasteiger partial charge < -0.3 is 15.3 Å². The van der Waals surface area contributed by atoms with Crippen LogP contribution < -0.4 is 5.32 Å². The van der Waals surface area contributed by atoms with Crippen LogP contribution in [0.25, 0.3) is 0 Å². The Hall–Kier alpha value is -1.26. The van der Waals surface area contributed by atoms with Gasteiger partial charge in [-0.1, -0.05) is 32.6 Å². The average molecular weight is 256 g/mol. The molecule has 0 aromatic heterocycles. The number of nitrogens with one attached hydrogen (secondary N) is 1. The van der Waals surface area contributed by atoms with Crippen LogP contribution in [-0.2, 0) is 4.79 Å². The van der Waals surface area contributed by atoms with Gasteiger partial charge in [0.15, 0.2) is 0 Å². The maximum Gasteiger partial charge on any atom is 0.317 e. The van der Waals surface area contributed by atoms with E-state index in [0.29, 0.717) is 13.1 Å². The summed E-state index contributed by atoms with van der Waals surface area (Å²) in [5.74, 6) is -1.19. The third-order valence-electron chi connectivity index (χ3n) is 3.38. The van der Waals surface area contributed by atoms with Crippen molar-refractivity contribution in [2.45, 2.75) is 52.0 Å². The monoisotopic (exact) mass is 256 g/mol. The minimum Gasteiger partial charge on any atom is -0.481 e. The molecule has 2 N–H and O–H groups in total. The molecule has 0 aliphatic carbocycles. The molecule has 1 atom stereocenters. The molecule has 1 aliphatic heterocycles. The zero-order chi connectivity index (χ0) is 13.5. The first kappa shape index (κ1) is 14.8. The van der Waals surface area contributed by atoms with E-state index in [9.17, 15) is 9.59 Å². The molecule has 5 heteroatoms. The second-order valence-electron chi connectivity index (χ2n) is 5.14. The quantitative estimate of drug-likeness (QED) is 0.685. The number of hydrogen-bond donors (Lipinski definition) is 2. The van der Waals surface area contributed by atoms with Crippen molar-refractivity contribution in [3.05, 3.63) is 0 Å². The van der Waals surface area contributed by atoms with E-state index in [4.69, 9.17) is 5.11 Å². The lowest BCUT2D eigenvalue weighted by Gasteiger charge is -2.37. The number of carboxylic acid groups (broad SMARTS) is 1. The molecule has 1 fully saturated rings. The molecular weight excluding hydrogens is 232 g/mol. The predicted octanol–water partition coefficient (Wildman–Crippen LogP) is 2.07. The Morgan fingerprint density at radius 3 is 2.56 bits per heavy atom. The maximum absolute atomic E-state index is 11.7. The number of urea groups is 1. The number of nitrogens with zero attached hydrogens (tertiary/aromatic N) is 1. The van der Waals surface area contributed by atoms with Gasteiger partial charge in [0.1, 0.15) is 0 Å². The van der Waals surface area contributed by atoms with Crippen molar-refractivity contribution in [2.24, 2.45) is 5.92 Å². The Labute approximate surface area is 109 Å². The van der Waals surface area contributed by atoms with Gasteiger partial charge in [0.25, 0.3) is 0 Å². The molecule has 0 bridgehead atoms. The summed E-state index contributed by atoms with van der Waals surface area (Å²) in [6, 6.07) is 0.0359. The topological polar surface area (TPSA) is 69.6 Å². The fourth-order valence-electron chi connectivity index (χ4n) is 2.05. The van der Waals surface area contributed by atoms with Crippen LogP contribution in [0.2, 0.25) is 0 Å². The summed E-state index contributed by atoms with van der Waals surface area (Å²) in [4.78, 5) is 23.9. The molecule has 104 valence electrons. The second kappa shape index (κ2) is 7.24. The lowest BCUT2D eigenvalue weighted by molar-refractivity contribution is -0.146. The normalized spacial score (nSPS) is 17.1. The van der Waals surface area contributed by atoms with Crippen molar-refractivity contribution in [3.63, 3.8) is 0 Å². The third-order valence-corrected chi connectivity index (χ3v) is 3.38. The number of carbonyl (C=O) groups excluding carboxylic acids is 1. The molecule has 5 nitrogen and oxygen atoms in total. The fourth-order valence-corrected chi connectivity index (χ4v) is 2.05. The zero-order valence-electron chi connectivity index (χ0n) is 11.3. The molecule has 0 aromatic carbocycles. The predicted molar refractivity (Wildman–Crippen MR) is 69.5 cm³/mol. The van der Waals surface area contributed by atoms with Gasteiger partial charge in [-0.15, -0.1) is 0 Å². The Balaban J connectivity index is 2.11. The lowest BCUT2D eigenvalue weighted by atomic mass is 10.0. The van der Waals surface area contributed by atoms with Crippen LogP contribution in [0.4, 0.5) is 4.79 Å². The van der Waals surface area contributed by atoms with E-state index in [1.165, 1.54) is 19.3 Å². The number of hydrogen-bond acceptors (Lipinski definition) is 2. The first-order chi connectivity index (χ1) is 8.54. The molecule has 0 spiro atoms. The van der Waals surface area contributed by atoms with Crippen LogP contribution in [-0.4, -0.2) is 41.1 Å². The van der Waals surface area contributed by atoms with Crippen molar-refractivity contribution in [1.29, 1.82) is 0 Å². The lowest BCUT2D eigenvalue weighted by Crippen LogP contribution is -2.57. The highest BCUT2D eigenvalue weighted by Gasteiger charge is 2.35. The number of carbonyl (C=O) groups is 2. The van der Waals surface area contributed by atoms with Crippen LogP contribution in [0, 0.1) is 5.92 Å². The number of amides is 2. The SMILES string of the molecule is CCCCCCC(C)NC(=O)N1CC(C(=O)O)C1. The summed E-state index contributed by atoms with van der Waals surface area (Å²) in [5.41, 5.74) is 0. The number of carboxylic acids is 1. The Kier molecular flexibility index (Phi) is 5.95. The van der Waals surface area contributed by atoms with Gasteiger partial charge in [0, 0.05) is 19.1 Å². The highest BCUT2D eigenvalue weighted by atomic mass is 16.4. The van der Waals surface area contributed by atoms with Gasteiger partial charge in [-0.3, -0.25) is 4.79 Å². The molecular formula is C13H24N2O3. The molecule has 1 unspecified atom stereocenters. The van der Waals surface area contributed by atoms with Gasteiger partial charge in [-0.05, 0) is 13.3 Å². The summed E-state index contributed by atoms with van der Waals surface area (Å²) in [7, 11) is 0. The van der Waals surface area contributed by atoms with Crippen LogP contribution in [0.5, 0.6) is 0 Å². The van der Waals surface area contributed by atoms with Gasteiger partial charge in [-0.25, -0.2) is 4.79 Å². The Morgan fingerprint density at radius 1 is 1.33 bits per heavy atom. The second-order valence-corrected chi connectivity index (χ2v) is 5.14. The van der Waals surface area contributed by atoms with E-state index in [0.717, 1.165) is 12.8 Å². The molecule has 1 aliphatic rings. The van der Waals surface area contributed by atoms with Crippen molar-refractivity contribution in [3.8, 4) is 0 Å². The average Bonchev–Trinajstić information content (AvgIpc) is 2.21. The summed E-state index contributed by atoms with van der Waals surface area (Å²) in [5, 5.41) is 11.6. The van der Waals surface area contributed by atoms with Crippen molar-refractivity contribution >= 4 is 12.0 Å². The fraction of sp³-hybridized carbons (Fsp3) is 0.846. The molecule has 2 amide bonds. The first-order valence-corrected chi connectivity index (χ1v) is 6.82. The van der Waals surface area contributed by atoms with Crippen molar-refractivity contribution in [2.75, 3.05) is 13.1 Å². The van der Waals surface area contributed by atoms with E-state index >= 15 is 0 Å². The molecule has 18 heavy (non-hydrogen) atoms. The third kappa shape index (κ3) is 4.55. The van der Waals surface area contributed by atoms with Gasteiger partial charge in [0.05, 0.1) is 5.92 Å². The van der Waals surface area contributed by atoms with E-state index in [-0.39, 0.29) is 18.0 Å². The molecule has 0 radical (unpaired) electrons. The van der Waals surface area contributed by atoms with E-state index in [1.807, 2.05) is 6.92 Å². The number of unbranched alkanes of at least 4 members (excludes halogenated alkanes) is 3. The van der Waals surface area contributed by atoms with Crippen LogP contribution in [0.15, 0.2) is 0 Å². The number of likely N-dealkylation sites (tertiary alicyclic amines) is 1. The minimum absolute atomic E-state index is 0.129. The molecule has 0 aromatic rings. The standard InChI is InChI=1S/C13H24N2O3/c1-3-4-5-6-7-10(2)14-13(18)15-8-11(9-15)12(16)17/h10-11H,3-9H2,1-2H3,(H,14,18)(H,16,17).